The topological polar surface area (TPSA) is 50.8 Å². The standard InChI is InChI=1S/C36H23N3/c37-24-35-31-13-7-8-14-32(31)36(25-38)34-23-27(19-22-33(34)35)16-15-26-17-20-30(21-18-26)39(28-9-3-1-4-10-28)29-11-5-2-6-12-29/h1-23H. The molecule has 3 nitrogen and oxygen atoms in total. The Morgan fingerprint density at radius 2 is 0.872 bits per heavy atom. The first-order chi connectivity index (χ1) is 19.3. The lowest BCUT2D eigenvalue weighted by molar-refractivity contribution is 1.28. The number of nitrogens with zero attached hydrogens (tertiary/aromatic N) is 3. The molecule has 0 aliphatic heterocycles. The van der Waals surface area contributed by atoms with Crippen LogP contribution in [0.15, 0.2) is 127 Å². The van der Waals surface area contributed by atoms with Crippen LogP contribution in [-0.4, -0.2) is 0 Å². The molecule has 0 amide bonds. The molecule has 182 valence electrons. The molecule has 0 N–H and O–H groups in total. The number of anilines is 3. The molecule has 0 heterocycles. The van der Waals surface area contributed by atoms with Gasteiger partial charge in [0.2, 0.25) is 0 Å². The lowest BCUT2D eigenvalue weighted by atomic mass is 9.91. The average molecular weight is 498 g/mol. The van der Waals surface area contributed by atoms with Gasteiger partial charge in [-0.25, -0.2) is 0 Å². The molecular weight excluding hydrogens is 474 g/mol. The highest BCUT2D eigenvalue weighted by Crippen LogP contribution is 2.35. The zero-order valence-electron chi connectivity index (χ0n) is 21.1. The molecule has 6 aromatic carbocycles. The second-order valence-corrected chi connectivity index (χ2v) is 9.26. The van der Waals surface area contributed by atoms with Gasteiger partial charge in [-0.05, 0) is 53.6 Å². The molecule has 0 radical (unpaired) electrons. The van der Waals surface area contributed by atoms with Gasteiger partial charge in [0, 0.05) is 38.6 Å². The molecule has 0 unspecified atom stereocenters. The van der Waals surface area contributed by atoms with E-state index >= 15 is 0 Å². The van der Waals surface area contributed by atoms with Crippen molar-refractivity contribution in [2.75, 3.05) is 4.90 Å². The van der Waals surface area contributed by atoms with Crippen molar-refractivity contribution in [3.8, 4) is 12.1 Å². The zero-order chi connectivity index (χ0) is 26.6. The maximum Gasteiger partial charge on any atom is 0.100 e. The quantitative estimate of drug-likeness (QED) is 0.176. The molecule has 6 rings (SSSR count). The predicted molar refractivity (Wildman–Crippen MR) is 161 cm³/mol. The van der Waals surface area contributed by atoms with Gasteiger partial charge in [0.05, 0.1) is 11.1 Å². The summed E-state index contributed by atoms with van der Waals surface area (Å²) in [6.45, 7) is 0. The average Bonchev–Trinajstić information content (AvgIpc) is 3.00. The smallest absolute Gasteiger partial charge is 0.100 e. The molecule has 3 heteroatoms. The van der Waals surface area contributed by atoms with Crippen LogP contribution >= 0.6 is 0 Å². The molecule has 0 bridgehead atoms. The largest absolute Gasteiger partial charge is 0.311 e. The van der Waals surface area contributed by atoms with Crippen molar-refractivity contribution in [2.45, 2.75) is 0 Å². The lowest BCUT2D eigenvalue weighted by Crippen LogP contribution is -2.09. The van der Waals surface area contributed by atoms with Gasteiger partial charge in [-0.1, -0.05) is 97.1 Å². The summed E-state index contributed by atoms with van der Waals surface area (Å²) in [6, 6.07) is 47.4. The molecule has 0 spiro atoms. The first-order valence-electron chi connectivity index (χ1n) is 12.7. The van der Waals surface area contributed by atoms with E-state index in [1.165, 1.54) is 0 Å². The Labute approximate surface area is 227 Å². The number of rotatable bonds is 5. The van der Waals surface area contributed by atoms with Gasteiger partial charge in [-0.2, -0.15) is 10.5 Å². The van der Waals surface area contributed by atoms with Crippen molar-refractivity contribution in [1.29, 1.82) is 10.5 Å². The molecule has 0 atom stereocenters. The Kier molecular flexibility index (Phi) is 6.32. The van der Waals surface area contributed by atoms with E-state index in [0.717, 1.165) is 49.7 Å². The summed E-state index contributed by atoms with van der Waals surface area (Å²) in [5.74, 6) is 0. The summed E-state index contributed by atoms with van der Waals surface area (Å²) in [6.07, 6.45) is 4.11. The minimum absolute atomic E-state index is 0.598. The van der Waals surface area contributed by atoms with Crippen LogP contribution in [0.3, 0.4) is 0 Å². The van der Waals surface area contributed by atoms with Crippen molar-refractivity contribution in [3.63, 3.8) is 0 Å². The van der Waals surface area contributed by atoms with Crippen molar-refractivity contribution < 1.29 is 0 Å². The van der Waals surface area contributed by atoms with Crippen molar-refractivity contribution in [1.82, 2.24) is 0 Å². The Morgan fingerprint density at radius 1 is 0.436 bits per heavy atom. The highest BCUT2D eigenvalue weighted by atomic mass is 15.1. The monoisotopic (exact) mass is 497 g/mol. The summed E-state index contributed by atoms with van der Waals surface area (Å²) in [4.78, 5) is 2.23. The van der Waals surface area contributed by atoms with Crippen LogP contribution < -0.4 is 4.90 Å². The fourth-order valence-corrected chi connectivity index (χ4v) is 5.07. The zero-order valence-corrected chi connectivity index (χ0v) is 21.1. The maximum absolute atomic E-state index is 9.98. The fraction of sp³-hybridized carbons (Fsp3) is 0. The molecular formula is C36H23N3. The summed E-state index contributed by atoms with van der Waals surface area (Å²) < 4.78 is 0. The van der Waals surface area contributed by atoms with E-state index in [0.29, 0.717) is 11.1 Å². The second kappa shape index (κ2) is 10.4. The molecule has 39 heavy (non-hydrogen) atoms. The third kappa shape index (κ3) is 4.51. The lowest BCUT2D eigenvalue weighted by Gasteiger charge is -2.25. The van der Waals surface area contributed by atoms with Gasteiger partial charge in [-0.15, -0.1) is 0 Å². The molecule has 0 aromatic heterocycles. The number of nitriles is 2. The number of hydrogen-bond donors (Lipinski definition) is 0. The van der Waals surface area contributed by atoms with Gasteiger partial charge in [-0.3, -0.25) is 0 Å². The van der Waals surface area contributed by atoms with E-state index in [2.05, 4.69) is 71.6 Å². The van der Waals surface area contributed by atoms with Gasteiger partial charge in [0.15, 0.2) is 0 Å². The van der Waals surface area contributed by atoms with Gasteiger partial charge in [0.1, 0.15) is 12.1 Å². The highest BCUT2D eigenvalue weighted by Gasteiger charge is 2.14. The van der Waals surface area contributed by atoms with Crippen LogP contribution in [0.2, 0.25) is 0 Å². The Balaban J connectivity index is 1.35. The predicted octanol–water partition coefficient (Wildman–Crippen LogP) is 9.38. The van der Waals surface area contributed by atoms with Crippen molar-refractivity contribution in [3.05, 3.63) is 150 Å². The minimum Gasteiger partial charge on any atom is -0.311 e. The van der Waals surface area contributed by atoms with Crippen LogP contribution in [-0.2, 0) is 0 Å². The van der Waals surface area contributed by atoms with E-state index < -0.39 is 0 Å². The molecule has 0 saturated carbocycles. The molecule has 0 fully saturated rings. The summed E-state index contributed by atoms with van der Waals surface area (Å²) in [5, 5.41) is 23.1. The van der Waals surface area contributed by atoms with E-state index in [1.54, 1.807) is 0 Å². The van der Waals surface area contributed by atoms with Crippen molar-refractivity contribution in [2.24, 2.45) is 0 Å². The third-order valence-electron chi connectivity index (χ3n) is 6.92. The maximum atomic E-state index is 9.98. The number of hydrogen-bond acceptors (Lipinski definition) is 3. The second-order valence-electron chi connectivity index (χ2n) is 9.26. The van der Waals surface area contributed by atoms with Crippen LogP contribution in [0.4, 0.5) is 17.1 Å². The Morgan fingerprint density at radius 3 is 1.44 bits per heavy atom. The molecule has 0 aliphatic rings. The Hall–Kier alpha value is -5.64. The summed E-state index contributed by atoms with van der Waals surface area (Å²) in [7, 11) is 0. The summed E-state index contributed by atoms with van der Waals surface area (Å²) in [5.41, 5.74) is 6.51. The summed E-state index contributed by atoms with van der Waals surface area (Å²) >= 11 is 0. The van der Waals surface area contributed by atoms with Crippen LogP contribution in [0, 0.1) is 22.7 Å². The molecule has 0 saturated heterocycles. The number of benzene rings is 6. The van der Waals surface area contributed by atoms with Crippen LogP contribution in [0.25, 0.3) is 33.7 Å². The van der Waals surface area contributed by atoms with Crippen molar-refractivity contribution >= 4 is 50.8 Å². The highest BCUT2D eigenvalue weighted by molar-refractivity contribution is 6.09. The SMILES string of the molecule is N#Cc1c2ccccc2c(C#N)c2cc(C=Cc3ccc(N(c4ccccc4)c4ccccc4)cc3)ccc12. The third-order valence-corrected chi connectivity index (χ3v) is 6.92. The van der Waals surface area contributed by atoms with E-state index in [4.69, 9.17) is 0 Å². The Bertz CT molecular complexity index is 1870. The minimum atomic E-state index is 0.598. The van der Waals surface area contributed by atoms with E-state index in [1.807, 2.05) is 84.9 Å². The van der Waals surface area contributed by atoms with Gasteiger partial charge < -0.3 is 4.90 Å². The van der Waals surface area contributed by atoms with Gasteiger partial charge in [0.25, 0.3) is 0 Å². The first-order valence-corrected chi connectivity index (χ1v) is 12.7. The first kappa shape index (κ1) is 23.7. The normalized spacial score (nSPS) is 10.9. The van der Waals surface area contributed by atoms with Crippen LogP contribution in [0.5, 0.6) is 0 Å². The molecule has 6 aromatic rings. The number of para-hydroxylation sites is 2. The molecule has 0 aliphatic carbocycles. The fourth-order valence-electron chi connectivity index (χ4n) is 5.07. The van der Waals surface area contributed by atoms with Crippen LogP contribution in [0.1, 0.15) is 22.3 Å². The van der Waals surface area contributed by atoms with E-state index in [-0.39, 0.29) is 0 Å². The van der Waals surface area contributed by atoms with E-state index in [9.17, 15) is 10.5 Å². The number of fused-ring (bicyclic) bond motifs is 2. The van der Waals surface area contributed by atoms with Gasteiger partial charge >= 0.3 is 0 Å².